The van der Waals surface area contributed by atoms with Crippen LogP contribution in [0.25, 0.3) is 5.82 Å². The lowest BCUT2D eigenvalue weighted by Gasteiger charge is -2.05. The van der Waals surface area contributed by atoms with E-state index in [1.54, 1.807) is 23.0 Å². The fourth-order valence-corrected chi connectivity index (χ4v) is 1.53. The Morgan fingerprint density at radius 3 is 2.67 bits per heavy atom. The molecule has 0 fully saturated rings. The standard InChI is InChI=1S/C10H11ClN4/c1-6-9(11)7(2)15(14-6)10-8(12)4-3-5-13-10/h3-5H,12H2,1-2H3. The first kappa shape index (κ1) is 9.98. The molecule has 4 nitrogen and oxygen atoms in total. The molecule has 2 aromatic heterocycles. The quantitative estimate of drug-likeness (QED) is 0.804. The van der Waals surface area contributed by atoms with Crippen molar-refractivity contribution < 1.29 is 0 Å². The van der Waals surface area contributed by atoms with E-state index in [0.29, 0.717) is 16.5 Å². The van der Waals surface area contributed by atoms with Gasteiger partial charge in [0.2, 0.25) is 0 Å². The smallest absolute Gasteiger partial charge is 0.176 e. The molecule has 2 rings (SSSR count). The van der Waals surface area contributed by atoms with Gasteiger partial charge in [-0.3, -0.25) is 0 Å². The molecular formula is C10H11ClN4. The Bertz CT molecular complexity index is 504. The summed E-state index contributed by atoms with van der Waals surface area (Å²) in [6.45, 7) is 3.74. The first-order valence-electron chi connectivity index (χ1n) is 4.54. The number of nitrogens with zero attached hydrogens (tertiary/aromatic N) is 3. The molecule has 0 unspecified atom stereocenters. The maximum Gasteiger partial charge on any atom is 0.176 e. The van der Waals surface area contributed by atoms with Crippen molar-refractivity contribution in [3.8, 4) is 5.82 Å². The average molecular weight is 223 g/mol. The molecule has 0 aliphatic rings. The van der Waals surface area contributed by atoms with Crippen molar-refractivity contribution in [1.29, 1.82) is 0 Å². The van der Waals surface area contributed by atoms with Gasteiger partial charge in [0.15, 0.2) is 5.82 Å². The first-order chi connectivity index (χ1) is 7.11. The first-order valence-corrected chi connectivity index (χ1v) is 4.91. The van der Waals surface area contributed by atoms with Gasteiger partial charge >= 0.3 is 0 Å². The molecule has 0 amide bonds. The van der Waals surface area contributed by atoms with E-state index in [-0.39, 0.29) is 0 Å². The Morgan fingerprint density at radius 1 is 1.40 bits per heavy atom. The number of nitrogen functional groups attached to an aromatic ring is 1. The van der Waals surface area contributed by atoms with Crippen LogP contribution in [-0.4, -0.2) is 14.8 Å². The second-order valence-electron chi connectivity index (χ2n) is 3.31. The Balaban J connectivity index is 2.65. The zero-order valence-corrected chi connectivity index (χ0v) is 9.28. The number of anilines is 1. The van der Waals surface area contributed by atoms with Crippen molar-refractivity contribution in [3.63, 3.8) is 0 Å². The van der Waals surface area contributed by atoms with E-state index in [2.05, 4.69) is 10.1 Å². The molecule has 0 saturated heterocycles. The monoisotopic (exact) mass is 222 g/mol. The Hall–Kier alpha value is -1.55. The van der Waals surface area contributed by atoms with Gasteiger partial charge in [0, 0.05) is 6.20 Å². The summed E-state index contributed by atoms with van der Waals surface area (Å²) in [5.41, 5.74) is 8.02. The van der Waals surface area contributed by atoms with E-state index >= 15 is 0 Å². The summed E-state index contributed by atoms with van der Waals surface area (Å²) in [5.74, 6) is 0.616. The number of hydrogen-bond donors (Lipinski definition) is 1. The van der Waals surface area contributed by atoms with Crippen molar-refractivity contribution in [2.45, 2.75) is 13.8 Å². The number of rotatable bonds is 1. The molecule has 0 spiro atoms. The third kappa shape index (κ3) is 1.57. The van der Waals surface area contributed by atoms with Gasteiger partial charge in [0.05, 0.1) is 22.1 Å². The van der Waals surface area contributed by atoms with E-state index < -0.39 is 0 Å². The number of aromatic nitrogens is 3. The molecule has 0 aromatic carbocycles. The van der Waals surface area contributed by atoms with E-state index in [4.69, 9.17) is 17.3 Å². The lowest BCUT2D eigenvalue weighted by Crippen LogP contribution is -2.05. The van der Waals surface area contributed by atoms with Crippen LogP contribution in [0, 0.1) is 13.8 Å². The van der Waals surface area contributed by atoms with Crippen LogP contribution in [0.3, 0.4) is 0 Å². The molecular weight excluding hydrogens is 212 g/mol. The summed E-state index contributed by atoms with van der Waals surface area (Å²) in [6, 6.07) is 3.57. The second kappa shape index (κ2) is 3.55. The lowest BCUT2D eigenvalue weighted by atomic mass is 10.3. The maximum atomic E-state index is 6.05. The van der Waals surface area contributed by atoms with Crippen LogP contribution in [0.1, 0.15) is 11.4 Å². The van der Waals surface area contributed by atoms with Crippen LogP contribution in [0.2, 0.25) is 5.02 Å². The summed E-state index contributed by atoms with van der Waals surface area (Å²) in [7, 11) is 0. The van der Waals surface area contributed by atoms with Gasteiger partial charge in [-0.25, -0.2) is 9.67 Å². The van der Waals surface area contributed by atoms with E-state index in [9.17, 15) is 0 Å². The Morgan fingerprint density at radius 2 is 2.13 bits per heavy atom. The van der Waals surface area contributed by atoms with Crippen LogP contribution < -0.4 is 5.73 Å². The van der Waals surface area contributed by atoms with Crippen molar-refractivity contribution in [1.82, 2.24) is 14.8 Å². The van der Waals surface area contributed by atoms with Crippen molar-refractivity contribution >= 4 is 17.3 Å². The normalized spacial score (nSPS) is 10.6. The summed E-state index contributed by atoms with van der Waals surface area (Å²) >= 11 is 6.05. The van der Waals surface area contributed by atoms with Crippen molar-refractivity contribution in [3.05, 3.63) is 34.7 Å². The van der Waals surface area contributed by atoms with Gasteiger partial charge in [0.25, 0.3) is 0 Å². The summed E-state index contributed by atoms with van der Waals surface area (Å²) in [4.78, 5) is 4.18. The number of halogens is 1. The van der Waals surface area contributed by atoms with Crippen LogP contribution in [0.15, 0.2) is 18.3 Å². The zero-order valence-electron chi connectivity index (χ0n) is 8.53. The summed E-state index contributed by atoms with van der Waals surface area (Å²) in [6.07, 6.45) is 1.68. The largest absolute Gasteiger partial charge is 0.396 e. The lowest BCUT2D eigenvalue weighted by molar-refractivity contribution is 0.809. The molecule has 78 valence electrons. The van der Waals surface area contributed by atoms with Crippen LogP contribution in [0.5, 0.6) is 0 Å². The molecule has 0 saturated carbocycles. The number of pyridine rings is 1. The topological polar surface area (TPSA) is 56.7 Å². The number of nitrogens with two attached hydrogens (primary N) is 1. The highest BCUT2D eigenvalue weighted by Gasteiger charge is 2.12. The molecule has 5 heteroatoms. The minimum Gasteiger partial charge on any atom is -0.396 e. The minimum absolute atomic E-state index is 0.583. The molecule has 0 radical (unpaired) electrons. The van der Waals surface area contributed by atoms with Crippen molar-refractivity contribution in [2.24, 2.45) is 0 Å². The van der Waals surface area contributed by atoms with Gasteiger partial charge < -0.3 is 5.73 Å². The Labute approximate surface area is 92.7 Å². The second-order valence-corrected chi connectivity index (χ2v) is 3.69. The van der Waals surface area contributed by atoms with Gasteiger partial charge in [-0.2, -0.15) is 5.10 Å². The van der Waals surface area contributed by atoms with Crippen LogP contribution in [0.4, 0.5) is 5.69 Å². The summed E-state index contributed by atoms with van der Waals surface area (Å²) < 4.78 is 1.66. The van der Waals surface area contributed by atoms with E-state index in [0.717, 1.165) is 11.4 Å². The van der Waals surface area contributed by atoms with Gasteiger partial charge in [-0.1, -0.05) is 11.6 Å². The number of hydrogen-bond acceptors (Lipinski definition) is 3. The molecule has 0 aliphatic carbocycles. The van der Waals surface area contributed by atoms with Gasteiger partial charge in [-0.15, -0.1) is 0 Å². The van der Waals surface area contributed by atoms with Gasteiger partial charge in [-0.05, 0) is 26.0 Å². The number of aryl methyl sites for hydroxylation is 1. The highest BCUT2D eigenvalue weighted by atomic mass is 35.5. The van der Waals surface area contributed by atoms with Crippen LogP contribution >= 0.6 is 11.6 Å². The molecule has 0 aliphatic heterocycles. The van der Waals surface area contributed by atoms with Crippen molar-refractivity contribution in [2.75, 3.05) is 5.73 Å². The molecule has 2 aromatic rings. The average Bonchev–Trinajstić information content (AvgIpc) is 2.47. The Kier molecular flexibility index (Phi) is 2.36. The fourth-order valence-electron chi connectivity index (χ4n) is 1.42. The molecule has 2 N–H and O–H groups in total. The zero-order chi connectivity index (χ0) is 11.0. The third-order valence-corrected chi connectivity index (χ3v) is 2.77. The maximum absolute atomic E-state index is 6.05. The predicted octanol–water partition coefficient (Wildman–Crippen LogP) is 2.12. The molecule has 0 bridgehead atoms. The van der Waals surface area contributed by atoms with E-state index in [1.165, 1.54) is 0 Å². The fraction of sp³-hybridized carbons (Fsp3) is 0.200. The predicted molar refractivity (Wildman–Crippen MR) is 60.3 cm³/mol. The molecule has 2 heterocycles. The van der Waals surface area contributed by atoms with Gasteiger partial charge in [0.1, 0.15) is 0 Å². The highest BCUT2D eigenvalue weighted by molar-refractivity contribution is 6.31. The summed E-state index contributed by atoms with van der Waals surface area (Å²) in [5, 5.41) is 4.94. The molecule has 15 heavy (non-hydrogen) atoms. The third-order valence-electron chi connectivity index (χ3n) is 2.22. The SMILES string of the molecule is Cc1nn(-c2ncccc2N)c(C)c1Cl. The van der Waals surface area contributed by atoms with Crippen LogP contribution in [-0.2, 0) is 0 Å². The molecule has 0 atom stereocenters. The highest BCUT2D eigenvalue weighted by Crippen LogP contribution is 2.23. The minimum atomic E-state index is 0.583. The van der Waals surface area contributed by atoms with E-state index in [1.807, 2.05) is 13.8 Å².